The number of aliphatic hydroxyl groups is 5. The maximum atomic E-state index is 13.6. The van der Waals surface area contributed by atoms with Crippen LogP contribution in [0.2, 0.25) is 0 Å². The number of carbonyl (C=O) groups is 2. The molecule has 188 valence electrons. The van der Waals surface area contributed by atoms with Gasteiger partial charge >= 0.3 is 0 Å². The van der Waals surface area contributed by atoms with Gasteiger partial charge in [0.15, 0.2) is 11.6 Å². The number of rotatable bonds is 4. The van der Waals surface area contributed by atoms with Crippen LogP contribution in [0, 0.1) is 17.8 Å². The highest BCUT2D eigenvalue weighted by Crippen LogP contribution is 2.44. The summed E-state index contributed by atoms with van der Waals surface area (Å²) in [7, 11) is 0. The third kappa shape index (κ3) is 4.11. The molecule has 1 heterocycles. The number of carbonyl (C=O) groups excluding carboxylic acids is 2. The Morgan fingerprint density at radius 3 is 2.43 bits per heavy atom. The van der Waals surface area contributed by atoms with E-state index < -0.39 is 54.9 Å². The summed E-state index contributed by atoms with van der Waals surface area (Å²) in [5.41, 5.74) is 1.01. The normalized spacial score (nSPS) is 35.6. The van der Waals surface area contributed by atoms with Crippen LogP contribution in [0.3, 0.4) is 0 Å². The number of allylic oxidation sites excluding steroid dienone is 4. The molecule has 35 heavy (non-hydrogen) atoms. The molecule has 1 saturated heterocycles. The van der Waals surface area contributed by atoms with E-state index in [9.17, 15) is 35.1 Å². The number of ether oxygens (including phenoxy) is 2. The molecule has 5 rings (SSSR count). The molecule has 0 aromatic heterocycles. The molecule has 1 aromatic carbocycles. The maximum absolute atomic E-state index is 13.6. The average Bonchev–Trinajstić information content (AvgIpc) is 2.87. The van der Waals surface area contributed by atoms with Crippen LogP contribution in [-0.4, -0.2) is 74.4 Å². The van der Waals surface area contributed by atoms with Gasteiger partial charge in [0.2, 0.25) is 6.29 Å². The zero-order valence-electron chi connectivity index (χ0n) is 19.1. The lowest BCUT2D eigenvalue weighted by Crippen LogP contribution is -2.60. The van der Waals surface area contributed by atoms with E-state index in [1.807, 2.05) is 6.08 Å². The molecular formula is C26H30O9. The lowest BCUT2D eigenvalue weighted by atomic mass is 9.68. The van der Waals surface area contributed by atoms with Gasteiger partial charge in [-0.1, -0.05) is 37.5 Å². The molecule has 0 spiro atoms. The zero-order valence-corrected chi connectivity index (χ0v) is 19.1. The number of fused-ring (bicyclic) bond motifs is 2. The standard InChI is InChI=1S/C26H30O9/c27-11-18-22(30)24(32)25(33)26(35-18)34-17-8-4-7-14-20(17)23(31)19-15(21(14)29)9-13(10-16(19)28)12-5-2-1-3-6-12/h4,7-10,12,15,18-19,22,24-28,30,32-33H,1-3,5-6,11H2. The number of benzene rings is 1. The topological polar surface area (TPSA) is 154 Å². The van der Waals surface area contributed by atoms with E-state index in [0.717, 1.165) is 31.3 Å². The summed E-state index contributed by atoms with van der Waals surface area (Å²) in [6.07, 6.45) is 1.22. The van der Waals surface area contributed by atoms with E-state index in [1.54, 1.807) is 6.08 Å². The fourth-order valence-electron chi connectivity index (χ4n) is 5.72. The molecule has 4 aliphatic rings. The molecule has 9 nitrogen and oxygen atoms in total. The first-order chi connectivity index (χ1) is 16.8. The first-order valence-corrected chi connectivity index (χ1v) is 12.1. The van der Waals surface area contributed by atoms with Crippen molar-refractivity contribution >= 4 is 11.6 Å². The van der Waals surface area contributed by atoms with E-state index >= 15 is 0 Å². The second-order valence-electron chi connectivity index (χ2n) is 9.80. The van der Waals surface area contributed by atoms with Gasteiger partial charge in [-0.3, -0.25) is 9.59 Å². The molecule has 5 N–H and O–H groups in total. The van der Waals surface area contributed by atoms with Crippen LogP contribution in [0.5, 0.6) is 5.75 Å². The predicted octanol–water partition coefficient (Wildman–Crippen LogP) is 1.44. The van der Waals surface area contributed by atoms with Gasteiger partial charge in [0.05, 0.1) is 24.0 Å². The lowest BCUT2D eigenvalue weighted by molar-refractivity contribution is -0.277. The van der Waals surface area contributed by atoms with Gasteiger partial charge in [-0.15, -0.1) is 0 Å². The largest absolute Gasteiger partial charge is 0.511 e. The van der Waals surface area contributed by atoms with Crippen LogP contribution in [0.15, 0.2) is 41.7 Å². The van der Waals surface area contributed by atoms with E-state index in [1.165, 1.54) is 24.6 Å². The van der Waals surface area contributed by atoms with Crippen molar-refractivity contribution in [2.45, 2.75) is 62.8 Å². The third-order valence-electron chi connectivity index (χ3n) is 7.66. The minimum Gasteiger partial charge on any atom is -0.511 e. The Morgan fingerprint density at radius 1 is 0.971 bits per heavy atom. The summed E-state index contributed by atoms with van der Waals surface area (Å²) in [5, 5.41) is 50.7. The van der Waals surface area contributed by atoms with Crippen LogP contribution < -0.4 is 4.74 Å². The zero-order chi connectivity index (χ0) is 24.9. The SMILES string of the molecule is O=C1c2cccc(OC3OC(CO)C(O)C(O)C3O)c2C(=O)C2C(O)=CC(C3CCCCC3)=CC12. The summed E-state index contributed by atoms with van der Waals surface area (Å²) < 4.78 is 11.1. The van der Waals surface area contributed by atoms with E-state index in [0.29, 0.717) is 0 Å². The van der Waals surface area contributed by atoms with Crippen molar-refractivity contribution in [2.75, 3.05) is 6.61 Å². The Bertz CT molecular complexity index is 1070. The Morgan fingerprint density at radius 2 is 1.71 bits per heavy atom. The number of aliphatic hydroxyl groups excluding tert-OH is 5. The quantitative estimate of drug-likeness (QED) is 0.425. The lowest BCUT2D eigenvalue weighted by Gasteiger charge is -2.40. The molecule has 3 aliphatic carbocycles. The molecule has 7 unspecified atom stereocenters. The highest BCUT2D eigenvalue weighted by Gasteiger charge is 2.48. The highest BCUT2D eigenvalue weighted by molar-refractivity contribution is 6.19. The molecule has 0 bridgehead atoms. The fourth-order valence-corrected chi connectivity index (χ4v) is 5.72. The third-order valence-corrected chi connectivity index (χ3v) is 7.66. The second kappa shape index (κ2) is 9.48. The molecule has 1 aromatic rings. The van der Waals surface area contributed by atoms with Crippen LogP contribution >= 0.6 is 0 Å². The molecule has 2 fully saturated rings. The Balaban J connectivity index is 1.47. The Hall–Kier alpha value is -2.56. The van der Waals surface area contributed by atoms with Crippen LogP contribution in [0.1, 0.15) is 52.8 Å². The highest BCUT2D eigenvalue weighted by atomic mass is 16.7. The van der Waals surface area contributed by atoms with Crippen molar-refractivity contribution in [1.82, 2.24) is 0 Å². The van der Waals surface area contributed by atoms with E-state index in [-0.39, 0.29) is 34.3 Å². The van der Waals surface area contributed by atoms with Gasteiger partial charge in [-0.2, -0.15) is 0 Å². The van der Waals surface area contributed by atoms with Gasteiger partial charge in [-0.25, -0.2) is 0 Å². The first-order valence-electron chi connectivity index (χ1n) is 12.1. The van der Waals surface area contributed by atoms with Gasteiger partial charge in [-0.05, 0) is 36.5 Å². The van der Waals surface area contributed by atoms with Gasteiger partial charge in [0, 0.05) is 5.56 Å². The van der Waals surface area contributed by atoms with Crippen LogP contribution in [0.4, 0.5) is 0 Å². The van der Waals surface area contributed by atoms with Gasteiger partial charge in [0.1, 0.15) is 35.9 Å². The van der Waals surface area contributed by atoms with E-state index in [2.05, 4.69) is 0 Å². The fraction of sp³-hybridized carbons (Fsp3) is 0.538. The Labute approximate surface area is 202 Å². The monoisotopic (exact) mass is 486 g/mol. The molecule has 1 aliphatic heterocycles. The second-order valence-corrected chi connectivity index (χ2v) is 9.80. The molecule has 9 heteroatoms. The molecule has 0 amide bonds. The first kappa shape index (κ1) is 24.1. The van der Waals surface area contributed by atoms with E-state index in [4.69, 9.17) is 9.47 Å². The molecule has 1 saturated carbocycles. The number of hydrogen-bond acceptors (Lipinski definition) is 9. The van der Waals surface area contributed by atoms with Crippen molar-refractivity contribution < 1.29 is 44.6 Å². The van der Waals surface area contributed by atoms with Crippen LogP contribution in [0.25, 0.3) is 0 Å². The number of hydrogen-bond donors (Lipinski definition) is 5. The van der Waals surface area contributed by atoms with Crippen molar-refractivity contribution in [3.05, 3.63) is 52.8 Å². The predicted molar refractivity (Wildman–Crippen MR) is 122 cm³/mol. The van der Waals surface area contributed by atoms with Gasteiger partial charge in [0.25, 0.3) is 0 Å². The number of ketones is 2. The summed E-state index contributed by atoms with van der Waals surface area (Å²) in [6, 6.07) is 4.49. The van der Waals surface area contributed by atoms with Crippen LogP contribution in [-0.2, 0) is 4.74 Å². The van der Waals surface area contributed by atoms with Crippen molar-refractivity contribution in [1.29, 1.82) is 0 Å². The minimum absolute atomic E-state index is 0.0369. The molecule has 7 atom stereocenters. The number of Topliss-reactive ketones (excluding diaryl/α,β-unsaturated/α-hetero) is 2. The average molecular weight is 487 g/mol. The molecule has 0 radical (unpaired) electrons. The maximum Gasteiger partial charge on any atom is 0.229 e. The minimum atomic E-state index is -1.67. The summed E-state index contributed by atoms with van der Waals surface area (Å²) in [4.78, 5) is 27.1. The summed E-state index contributed by atoms with van der Waals surface area (Å²) >= 11 is 0. The Kier molecular flexibility index (Phi) is 6.54. The smallest absolute Gasteiger partial charge is 0.229 e. The summed E-state index contributed by atoms with van der Waals surface area (Å²) in [5.74, 6) is -2.61. The van der Waals surface area contributed by atoms with Crippen molar-refractivity contribution in [3.63, 3.8) is 0 Å². The van der Waals surface area contributed by atoms with Crippen molar-refractivity contribution in [2.24, 2.45) is 17.8 Å². The van der Waals surface area contributed by atoms with Gasteiger partial charge < -0.3 is 35.0 Å². The summed E-state index contributed by atoms with van der Waals surface area (Å²) in [6.45, 7) is -0.632. The molecular weight excluding hydrogens is 456 g/mol. The van der Waals surface area contributed by atoms with Crippen molar-refractivity contribution in [3.8, 4) is 5.75 Å².